The molecule has 61 heavy (non-hydrogen) atoms. The molecule has 4 aliphatic heterocycles. The second kappa shape index (κ2) is 17.4. The summed E-state index contributed by atoms with van der Waals surface area (Å²) in [6, 6.07) is 0. The number of cyclic esters (lactones) is 1. The summed E-state index contributed by atoms with van der Waals surface area (Å²) in [5, 5.41) is 47.2. The van der Waals surface area contributed by atoms with E-state index >= 15 is 0 Å². The predicted octanol–water partition coefficient (Wildman–Crippen LogP) is 3.76. The normalized spacial score (nSPS) is 49.3. The van der Waals surface area contributed by atoms with Gasteiger partial charge in [-0.3, -0.25) is 0 Å². The van der Waals surface area contributed by atoms with Crippen LogP contribution in [0.3, 0.4) is 0 Å². The summed E-state index contributed by atoms with van der Waals surface area (Å²) in [4.78, 5) is 21.6. The number of aliphatic hydroxyl groups excluding tert-OH is 3. The fourth-order valence-electron chi connectivity index (χ4n) is 13.8. The number of fused-ring (bicyclic) bond motifs is 5. The zero-order chi connectivity index (χ0) is 42.8. The summed E-state index contributed by atoms with van der Waals surface area (Å²) in [5.41, 5.74) is 0.248. The number of H-pyrrole nitrogens is 1. The summed E-state index contributed by atoms with van der Waals surface area (Å²) in [6.45, 7) is 13.0. The molecule has 0 aromatic carbocycles. The molecule has 0 bridgehead atoms. The molecule has 0 amide bonds. The lowest BCUT2D eigenvalue weighted by Gasteiger charge is -2.65. The van der Waals surface area contributed by atoms with Crippen molar-refractivity contribution in [3.8, 4) is 0 Å². The highest BCUT2D eigenvalue weighted by Gasteiger charge is 2.71. The molecule has 15 heteroatoms. The Labute approximate surface area is 360 Å². The first-order valence-electron chi connectivity index (χ1n) is 23.4. The Morgan fingerprint density at radius 3 is 2.25 bits per heavy atom. The summed E-state index contributed by atoms with van der Waals surface area (Å²) >= 11 is 0. The molecule has 7 fully saturated rings. The van der Waals surface area contributed by atoms with Crippen LogP contribution >= 0.6 is 0 Å². The third-order valence-electron chi connectivity index (χ3n) is 17.1. The third kappa shape index (κ3) is 8.30. The number of aromatic amines is 1. The first-order chi connectivity index (χ1) is 29.1. The number of aromatic nitrogens is 2. The molecule has 0 spiro atoms. The van der Waals surface area contributed by atoms with E-state index in [0.29, 0.717) is 25.2 Å². The molecule has 4 aliphatic carbocycles. The first kappa shape index (κ1) is 44.2. The molecule has 8 aliphatic rings. The molecule has 4 saturated carbocycles. The number of nitrogens with zero attached hydrogens (tertiary/aromatic N) is 2. The van der Waals surface area contributed by atoms with Gasteiger partial charge < -0.3 is 63.5 Å². The molecule has 342 valence electrons. The van der Waals surface area contributed by atoms with Gasteiger partial charge in [-0.1, -0.05) is 13.8 Å². The fourth-order valence-corrected chi connectivity index (χ4v) is 13.8. The number of ether oxygens (including phenoxy) is 7. The number of nitrogens with one attached hydrogen (secondary N) is 1. The Hall–Kier alpha value is -2.02. The quantitative estimate of drug-likeness (QED) is 0.169. The minimum atomic E-state index is -1.00. The van der Waals surface area contributed by atoms with Crippen molar-refractivity contribution < 1.29 is 58.4 Å². The first-order valence-corrected chi connectivity index (χ1v) is 23.4. The number of carbonyl (C=O) groups is 1. The van der Waals surface area contributed by atoms with Gasteiger partial charge in [0.1, 0.15) is 18.8 Å². The highest BCUT2D eigenvalue weighted by atomic mass is 16.7. The van der Waals surface area contributed by atoms with Gasteiger partial charge in [-0.25, -0.2) is 9.78 Å². The minimum Gasteiger partial charge on any atom is -0.458 e. The number of carbonyl (C=O) groups excluding carboxylic acids is 1. The summed E-state index contributed by atoms with van der Waals surface area (Å²) in [6.07, 6.45) is 7.27. The maximum absolute atomic E-state index is 12.6. The van der Waals surface area contributed by atoms with E-state index in [1.165, 1.54) is 0 Å². The van der Waals surface area contributed by atoms with Crippen LogP contribution in [0.1, 0.15) is 111 Å². The van der Waals surface area contributed by atoms with Gasteiger partial charge in [-0.2, -0.15) is 0 Å². The van der Waals surface area contributed by atoms with Gasteiger partial charge in [0.2, 0.25) is 0 Å². The summed E-state index contributed by atoms with van der Waals surface area (Å²) in [7, 11) is 0. The van der Waals surface area contributed by atoms with E-state index in [1.807, 2.05) is 27.0 Å². The van der Waals surface area contributed by atoms with E-state index in [9.17, 15) is 25.2 Å². The van der Waals surface area contributed by atoms with Crippen LogP contribution in [0.2, 0.25) is 0 Å². The number of rotatable bonds is 10. The predicted molar refractivity (Wildman–Crippen MR) is 219 cm³/mol. The van der Waals surface area contributed by atoms with E-state index in [0.717, 1.165) is 75.8 Å². The molecule has 5 unspecified atom stereocenters. The van der Waals surface area contributed by atoms with Crippen LogP contribution in [0, 0.1) is 34.5 Å². The van der Waals surface area contributed by atoms with Crippen molar-refractivity contribution in [2.24, 2.45) is 34.5 Å². The standard InChI is InChI=1S/C46H71N3O12/c1-25-22-49(14-10-30-21-47-24-48-30)15-11-39(56-25)60-42-26(2)58-41(20-36(42)51)61-43-27(3)57-40(19-35(43)50)59-31-8-12-44(4)29(17-31)6-7-33-34(44)18-37(52)45(5)32(9-13-46(33,45)54)28-16-38(53)55-23-28/h16,21,24-27,29,31-37,39-43,50-52,54H,6-15,17-20,22-23H2,1-5H3,(H,47,48)/t25?,26-,27-,29?,31-,32+,33?,34?,35-,36-,37-,39?,40-,41-,42+,43+,44-,45-,46-/m0/s1. The molecule has 0 radical (unpaired) electrons. The van der Waals surface area contributed by atoms with Crippen molar-refractivity contribution in [3.05, 3.63) is 29.9 Å². The van der Waals surface area contributed by atoms with Crippen LogP contribution in [0.5, 0.6) is 0 Å². The largest absolute Gasteiger partial charge is 0.458 e. The highest BCUT2D eigenvalue weighted by molar-refractivity contribution is 5.85. The average Bonchev–Trinajstić information content (AvgIpc) is 3.93. The Kier molecular flexibility index (Phi) is 12.6. The smallest absolute Gasteiger partial charge is 0.331 e. The lowest BCUT2D eigenvalue weighted by atomic mass is 9.42. The highest BCUT2D eigenvalue weighted by Crippen LogP contribution is 2.70. The minimum absolute atomic E-state index is 0.0267. The van der Waals surface area contributed by atoms with Crippen molar-refractivity contribution in [1.29, 1.82) is 0 Å². The number of aliphatic hydroxyl groups is 4. The molecule has 5 heterocycles. The van der Waals surface area contributed by atoms with Gasteiger partial charge in [0.05, 0.1) is 54.7 Å². The van der Waals surface area contributed by atoms with Crippen LogP contribution in [0.15, 0.2) is 24.2 Å². The topological polar surface area (TPSA) is 195 Å². The Morgan fingerprint density at radius 2 is 1.57 bits per heavy atom. The third-order valence-corrected chi connectivity index (χ3v) is 17.1. The number of esters is 1. The van der Waals surface area contributed by atoms with Crippen LogP contribution in [-0.4, -0.2) is 147 Å². The number of hydrogen-bond donors (Lipinski definition) is 5. The second-order valence-electron chi connectivity index (χ2n) is 20.5. The number of imidazole rings is 1. The van der Waals surface area contributed by atoms with Gasteiger partial charge >= 0.3 is 5.97 Å². The Morgan fingerprint density at radius 1 is 0.852 bits per heavy atom. The van der Waals surface area contributed by atoms with Gasteiger partial charge in [-0.15, -0.1) is 0 Å². The maximum atomic E-state index is 12.6. The molecule has 1 aromatic rings. The molecule has 3 saturated heterocycles. The lowest BCUT2D eigenvalue weighted by Crippen LogP contribution is -2.67. The van der Waals surface area contributed by atoms with Crippen molar-refractivity contribution in [3.63, 3.8) is 0 Å². The van der Waals surface area contributed by atoms with Crippen LogP contribution in [-0.2, 0) is 44.4 Å². The van der Waals surface area contributed by atoms with E-state index in [1.54, 1.807) is 12.4 Å². The molecule has 15 nitrogen and oxygen atoms in total. The fraction of sp³-hybridized carbons (Fsp3) is 0.870. The van der Waals surface area contributed by atoms with Crippen LogP contribution in [0.25, 0.3) is 0 Å². The van der Waals surface area contributed by atoms with Crippen molar-refractivity contribution >= 4 is 5.97 Å². The molecule has 19 atom stereocenters. The molecular formula is C46H71N3O12. The Balaban J connectivity index is 0.745. The van der Waals surface area contributed by atoms with E-state index < -0.39 is 72.6 Å². The zero-order valence-electron chi connectivity index (χ0n) is 36.7. The molecule has 5 N–H and O–H groups in total. The van der Waals surface area contributed by atoms with Crippen LogP contribution < -0.4 is 0 Å². The van der Waals surface area contributed by atoms with Crippen molar-refractivity contribution in [2.75, 3.05) is 26.2 Å². The summed E-state index contributed by atoms with van der Waals surface area (Å²) in [5.74, 6) is 0.256. The zero-order valence-corrected chi connectivity index (χ0v) is 36.7. The molecule has 1 aromatic heterocycles. The molecular weight excluding hydrogens is 787 g/mol. The van der Waals surface area contributed by atoms with Gasteiger partial charge in [-0.05, 0) is 107 Å². The van der Waals surface area contributed by atoms with E-state index in [2.05, 4.69) is 28.7 Å². The monoisotopic (exact) mass is 858 g/mol. The van der Waals surface area contributed by atoms with Gasteiger partial charge in [0, 0.05) is 68.7 Å². The van der Waals surface area contributed by atoms with Gasteiger partial charge in [0.15, 0.2) is 18.9 Å². The lowest BCUT2D eigenvalue weighted by molar-refractivity contribution is -0.329. The van der Waals surface area contributed by atoms with Crippen molar-refractivity contribution in [1.82, 2.24) is 14.9 Å². The van der Waals surface area contributed by atoms with Crippen LogP contribution in [0.4, 0.5) is 0 Å². The SMILES string of the molecule is CC1CN(CCc2cnc[nH]2)CCC(O[C@@H]2[C@H](C)O[C@@H](O[C@@H]3[C@H](C)O[C@@H](O[C@H]4CC[C@@]5(C)C(CCC6C5C[C@H](O)[C@]5(C)[C@@H](C7=CC(=O)OC7)CC[C@]65O)C4)C[C@@H]3O)C[C@@H]2O)O1. The van der Waals surface area contributed by atoms with Crippen molar-refractivity contribution in [2.45, 2.75) is 191 Å². The average molecular weight is 858 g/mol. The maximum Gasteiger partial charge on any atom is 0.331 e. The summed E-state index contributed by atoms with van der Waals surface area (Å²) < 4.78 is 43.5. The Bertz CT molecular complexity index is 1690. The second-order valence-corrected chi connectivity index (χ2v) is 20.5. The number of hydrogen-bond acceptors (Lipinski definition) is 14. The van der Waals surface area contributed by atoms with E-state index in [-0.39, 0.29) is 60.8 Å². The molecule has 9 rings (SSSR count). The van der Waals surface area contributed by atoms with Gasteiger partial charge in [0.25, 0.3) is 0 Å². The van der Waals surface area contributed by atoms with E-state index in [4.69, 9.17) is 33.2 Å².